The van der Waals surface area contributed by atoms with Crippen molar-refractivity contribution in [2.75, 3.05) is 6.61 Å². The monoisotopic (exact) mass is 221 g/mol. The van der Waals surface area contributed by atoms with Gasteiger partial charge in [0.2, 0.25) is 0 Å². The van der Waals surface area contributed by atoms with Gasteiger partial charge in [0.25, 0.3) is 0 Å². The minimum Gasteiger partial charge on any atom is -0.489 e. The quantitative estimate of drug-likeness (QED) is 0.830. The van der Waals surface area contributed by atoms with Crippen molar-refractivity contribution < 1.29 is 9.84 Å². The summed E-state index contributed by atoms with van der Waals surface area (Å²) >= 11 is 0. The van der Waals surface area contributed by atoms with Crippen LogP contribution in [0.4, 0.5) is 0 Å². The summed E-state index contributed by atoms with van der Waals surface area (Å²) in [5, 5.41) is 9.83. The van der Waals surface area contributed by atoms with Gasteiger partial charge in [0, 0.05) is 6.20 Å². The fraction of sp³-hybridized carbons (Fsp3) is 0.615. The summed E-state index contributed by atoms with van der Waals surface area (Å²) in [4.78, 5) is 3.96. The standard InChI is InChI=1S/C13H19NO2/c15-12(8-11-4-1-2-5-11)10-16-13-6-3-7-14-9-13/h3,6-7,9,11-12,15H,1-2,4-5,8,10H2. The molecule has 3 nitrogen and oxygen atoms in total. The minimum atomic E-state index is -0.344. The highest BCUT2D eigenvalue weighted by Crippen LogP contribution is 2.28. The highest BCUT2D eigenvalue weighted by molar-refractivity contribution is 5.15. The number of nitrogens with zero attached hydrogens (tertiary/aromatic N) is 1. The molecule has 0 bridgehead atoms. The highest BCUT2D eigenvalue weighted by atomic mass is 16.5. The molecule has 0 saturated heterocycles. The van der Waals surface area contributed by atoms with Crippen LogP contribution in [0.2, 0.25) is 0 Å². The van der Waals surface area contributed by atoms with E-state index in [0.717, 1.165) is 12.2 Å². The van der Waals surface area contributed by atoms with Crippen molar-refractivity contribution in [2.45, 2.75) is 38.2 Å². The lowest BCUT2D eigenvalue weighted by molar-refractivity contribution is 0.0854. The van der Waals surface area contributed by atoms with Crippen LogP contribution in [0.1, 0.15) is 32.1 Å². The number of ether oxygens (including phenoxy) is 1. The third kappa shape index (κ3) is 3.49. The molecule has 1 atom stereocenters. The van der Waals surface area contributed by atoms with Gasteiger partial charge in [-0.05, 0) is 24.5 Å². The van der Waals surface area contributed by atoms with E-state index >= 15 is 0 Å². The van der Waals surface area contributed by atoms with E-state index in [-0.39, 0.29) is 6.10 Å². The van der Waals surface area contributed by atoms with Crippen molar-refractivity contribution >= 4 is 0 Å². The number of aromatic nitrogens is 1. The fourth-order valence-corrected chi connectivity index (χ4v) is 2.32. The number of aliphatic hydroxyl groups is 1. The van der Waals surface area contributed by atoms with E-state index in [9.17, 15) is 5.11 Å². The van der Waals surface area contributed by atoms with Crippen molar-refractivity contribution in [3.05, 3.63) is 24.5 Å². The van der Waals surface area contributed by atoms with Gasteiger partial charge in [-0.2, -0.15) is 0 Å². The average Bonchev–Trinajstić information content (AvgIpc) is 2.81. The summed E-state index contributed by atoms with van der Waals surface area (Å²) in [6.07, 6.45) is 9.09. The van der Waals surface area contributed by atoms with Gasteiger partial charge in [0.15, 0.2) is 0 Å². The molecule has 0 amide bonds. The van der Waals surface area contributed by atoms with Crippen molar-refractivity contribution in [2.24, 2.45) is 5.92 Å². The first-order chi connectivity index (χ1) is 7.84. The van der Waals surface area contributed by atoms with Gasteiger partial charge in [-0.15, -0.1) is 0 Å². The molecule has 1 fully saturated rings. The van der Waals surface area contributed by atoms with E-state index in [2.05, 4.69) is 4.98 Å². The van der Waals surface area contributed by atoms with Crippen LogP contribution in [0.15, 0.2) is 24.5 Å². The molecule has 1 aromatic heterocycles. The Labute approximate surface area is 96.5 Å². The van der Waals surface area contributed by atoms with Crippen LogP contribution in [-0.2, 0) is 0 Å². The number of aliphatic hydroxyl groups excluding tert-OH is 1. The molecule has 1 aromatic rings. The van der Waals surface area contributed by atoms with Crippen LogP contribution in [0, 0.1) is 5.92 Å². The SMILES string of the molecule is OC(COc1cccnc1)CC1CCCC1. The first kappa shape index (κ1) is 11.4. The maximum absolute atomic E-state index is 9.83. The number of rotatable bonds is 5. The second-order valence-corrected chi connectivity index (χ2v) is 4.54. The topological polar surface area (TPSA) is 42.4 Å². The lowest BCUT2D eigenvalue weighted by Crippen LogP contribution is -2.20. The minimum absolute atomic E-state index is 0.344. The van der Waals surface area contributed by atoms with Crippen LogP contribution in [0.25, 0.3) is 0 Å². The highest BCUT2D eigenvalue weighted by Gasteiger charge is 2.18. The Bertz CT molecular complexity index is 296. The Morgan fingerprint density at radius 1 is 1.44 bits per heavy atom. The van der Waals surface area contributed by atoms with E-state index in [0.29, 0.717) is 12.5 Å². The molecule has 1 saturated carbocycles. The Morgan fingerprint density at radius 3 is 2.94 bits per heavy atom. The summed E-state index contributed by atoms with van der Waals surface area (Å²) in [7, 11) is 0. The Morgan fingerprint density at radius 2 is 2.25 bits per heavy atom. The third-order valence-corrected chi connectivity index (χ3v) is 3.16. The van der Waals surface area contributed by atoms with Gasteiger partial charge in [-0.25, -0.2) is 0 Å². The van der Waals surface area contributed by atoms with Crippen LogP contribution in [-0.4, -0.2) is 22.8 Å². The summed E-state index contributed by atoms with van der Waals surface area (Å²) in [6, 6.07) is 3.69. The summed E-state index contributed by atoms with van der Waals surface area (Å²) < 4.78 is 5.47. The number of hydrogen-bond acceptors (Lipinski definition) is 3. The molecule has 2 rings (SSSR count). The smallest absolute Gasteiger partial charge is 0.137 e. The third-order valence-electron chi connectivity index (χ3n) is 3.16. The summed E-state index contributed by atoms with van der Waals surface area (Å²) in [5.41, 5.74) is 0. The zero-order valence-electron chi connectivity index (χ0n) is 9.51. The molecule has 1 heterocycles. The van der Waals surface area contributed by atoms with E-state index in [1.54, 1.807) is 12.4 Å². The van der Waals surface area contributed by atoms with E-state index in [4.69, 9.17) is 4.74 Å². The van der Waals surface area contributed by atoms with Gasteiger partial charge < -0.3 is 9.84 Å². The van der Waals surface area contributed by atoms with Crippen LogP contribution in [0.3, 0.4) is 0 Å². The zero-order chi connectivity index (χ0) is 11.2. The maximum atomic E-state index is 9.83. The average molecular weight is 221 g/mol. The first-order valence-corrected chi connectivity index (χ1v) is 6.05. The molecule has 88 valence electrons. The van der Waals surface area contributed by atoms with Crippen LogP contribution >= 0.6 is 0 Å². The molecule has 0 aliphatic heterocycles. The van der Waals surface area contributed by atoms with E-state index in [1.807, 2.05) is 12.1 Å². The van der Waals surface area contributed by atoms with Gasteiger partial charge in [-0.3, -0.25) is 4.98 Å². The van der Waals surface area contributed by atoms with Crippen LogP contribution in [0.5, 0.6) is 5.75 Å². The van der Waals surface area contributed by atoms with Crippen molar-refractivity contribution in [3.8, 4) is 5.75 Å². The Balaban J connectivity index is 1.69. The lowest BCUT2D eigenvalue weighted by atomic mass is 10.0. The lowest BCUT2D eigenvalue weighted by Gasteiger charge is -2.15. The van der Waals surface area contributed by atoms with Crippen molar-refractivity contribution in [1.29, 1.82) is 0 Å². The van der Waals surface area contributed by atoms with Crippen LogP contribution < -0.4 is 4.74 Å². The molecule has 1 aliphatic rings. The largest absolute Gasteiger partial charge is 0.489 e. The van der Waals surface area contributed by atoms with Gasteiger partial charge in [0.1, 0.15) is 12.4 Å². The Hall–Kier alpha value is -1.09. The molecule has 0 radical (unpaired) electrons. The number of pyridine rings is 1. The summed E-state index contributed by atoms with van der Waals surface area (Å²) in [6.45, 7) is 0.377. The van der Waals surface area contributed by atoms with Gasteiger partial charge >= 0.3 is 0 Å². The molecule has 3 heteroatoms. The van der Waals surface area contributed by atoms with Gasteiger partial charge in [-0.1, -0.05) is 25.7 Å². The molecule has 1 aliphatic carbocycles. The molecular formula is C13H19NO2. The molecule has 1 N–H and O–H groups in total. The predicted octanol–water partition coefficient (Wildman–Crippen LogP) is 2.40. The van der Waals surface area contributed by atoms with E-state index in [1.165, 1.54) is 25.7 Å². The molecule has 16 heavy (non-hydrogen) atoms. The van der Waals surface area contributed by atoms with Crippen molar-refractivity contribution in [3.63, 3.8) is 0 Å². The predicted molar refractivity (Wildman–Crippen MR) is 62.3 cm³/mol. The Kier molecular flexibility index (Phi) is 4.17. The maximum Gasteiger partial charge on any atom is 0.137 e. The fourth-order valence-electron chi connectivity index (χ4n) is 2.32. The molecular weight excluding hydrogens is 202 g/mol. The van der Waals surface area contributed by atoms with Crippen molar-refractivity contribution in [1.82, 2.24) is 4.98 Å². The normalized spacial score (nSPS) is 18.6. The zero-order valence-corrected chi connectivity index (χ0v) is 9.51. The summed E-state index contributed by atoms with van der Waals surface area (Å²) in [5.74, 6) is 1.43. The molecule has 0 aromatic carbocycles. The molecule has 1 unspecified atom stereocenters. The second-order valence-electron chi connectivity index (χ2n) is 4.54. The first-order valence-electron chi connectivity index (χ1n) is 6.05. The van der Waals surface area contributed by atoms with Gasteiger partial charge in [0.05, 0.1) is 12.3 Å². The number of hydrogen-bond donors (Lipinski definition) is 1. The van der Waals surface area contributed by atoms with E-state index < -0.39 is 0 Å². The second kappa shape index (κ2) is 5.85. The molecule has 0 spiro atoms.